The zero-order valence-electron chi connectivity index (χ0n) is 11.5. The molecule has 0 spiro atoms. The van der Waals surface area contributed by atoms with Gasteiger partial charge >= 0.3 is 0 Å². The van der Waals surface area contributed by atoms with E-state index in [1.54, 1.807) is 0 Å². The van der Waals surface area contributed by atoms with Crippen LogP contribution in [0.15, 0.2) is 30.5 Å². The fourth-order valence-electron chi connectivity index (χ4n) is 2.86. The van der Waals surface area contributed by atoms with Gasteiger partial charge in [0.15, 0.2) is 0 Å². The Morgan fingerprint density at radius 3 is 2.89 bits per heavy atom. The highest BCUT2D eigenvalue weighted by Gasteiger charge is 2.22. The summed E-state index contributed by atoms with van der Waals surface area (Å²) in [5.41, 5.74) is 11.2. The molecule has 0 saturated carbocycles. The average molecular weight is 256 g/mol. The summed E-state index contributed by atoms with van der Waals surface area (Å²) in [6, 6.07) is 8.74. The molecule has 3 rings (SSSR count). The molecule has 2 N–H and O–H groups in total. The van der Waals surface area contributed by atoms with Crippen LogP contribution in [-0.2, 0) is 20.0 Å². The van der Waals surface area contributed by atoms with Gasteiger partial charge in [0, 0.05) is 31.5 Å². The van der Waals surface area contributed by atoms with Crippen LogP contribution in [0.1, 0.15) is 16.8 Å². The van der Waals surface area contributed by atoms with Crippen LogP contribution in [0.4, 0.5) is 5.69 Å². The van der Waals surface area contributed by atoms with Crippen molar-refractivity contribution in [1.82, 2.24) is 9.78 Å². The van der Waals surface area contributed by atoms with Crippen LogP contribution in [0.25, 0.3) is 0 Å². The first-order chi connectivity index (χ1) is 9.13. The third kappa shape index (κ3) is 2.36. The van der Waals surface area contributed by atoms with Crippen molar-refractivity contribution in [2.75, 3.05) is 11.4 Å². The first kappa shape index (κ1) is 12.2. The van der Waals surface area contributed by atoms with Crippen LogP contribution in [0, 0.1) is 6.92 Å². The van der Waals surface area contributed by atoms with E-state index in [9.17, 15) is 0 Å². The molecule has 0 aliphatic carbocycles. The van der Waals surface area contributed by atoms with Crippen molar-refractivity contribution in [3.63, 3.8) is 0 Å². The van der Waals surface area contributed by atoms with Crippen LogP contribution in [0.2, 0.25) is 0 Å². The van der Waals surface area contributed by atoms with Gasteiger partial charge in [-0.15, -0.1) is 0 Å². The van der Waals surface area contributed by atoms with Crippen LogP contribution in [0.5, 0.6) is 0 Å². The van der Waals surface area contributed by atoms with Crippen molar-refractivity contribution < 1.29 is 0 Å². The quantitative estimate of drug-likeness (QED) is 0.888. The van der Waals surface area contributed by atoms with E-state index in [0.717, 1.165) is 25.2 Å². The minimum Gasteiger partial charge on any atom is -0.364 e. The van der Waals surface area contributed by atoms with Crippen molar-refractivity contribution >= 4 is 5.69 Å². The summed E-state index contributed by atoms with van der Waals surface area (Å²) in [5, 5.41) is 4.54. The summed E-state index contributed by atoms with van der Waals surface area (Å²) in [7, 11) is 1.96. The van der Waals surface area contributed by atoms with E-state index < -0.39 is 0 Å². The molecule has 2 aromatic rings. The SMILES string of the molecule is Cc1cn(C)nc1CN1CC(N)Cc2ccccc21. The summed E-state index contributed by atoms with van der Waals surface area (Å²) in [4.78, 5) is 2.35. The van der Waals surface area contributed by atoms with E-state index in [0.29, 0.717) is 0 Å². The first-order valence-corrected chi connectivity index (χ1v) is 6.71. The third-order valence-electron chi connectivity index (χ3n) is 3.72. The molecule has 0 saturated heterocycles. The van der Waals surface area contributed by atoms with Crippen LogP contribution < -0.4 is 10.6 Å². The highest BCUT2D eigenvalue weighted by atomic mass is 15.3. The number of anilines is 1. The summed E-state index contributed by atoms with van der Waals surface area (Å²) in [6.07, 6.45) is 3.03. The maximum Gasteiger partial charge on any atom is 0.0846 e. The Hall–Kier alpha value is -1.81. The van der Waals surface area contributed by atoms with Gasteiger partial charge in [0.25, 0.3) is 0 Å². The number of nitrogens with two attached hydrogens (primary N) is 1. The lowest BCUT2D eigenvalue weighted by molar-refractivity contribution is 0.591. The number of aromatic nitrogens is 2. The van der Waals surface area contributed by atoms with Gasteiger partial charge in [0.05, 0.1) is 12.2 Å². The van der Waals surface area contributed by atoms with Crippen molar-refractivity contribution in [3.8, 4) is 0 Å². The Morgan fingerprint density at radius 2 is 2.16 bits per heavy atom. The fraction of sp³-hybridized carbons (Fsp3) is 0.400. The molecule has 2 heterocycles. The molecule has 0 fully saturated rings. The molecule has 0 amide bonds. The van der Waals surface area contributed by atoms with Crippen LogP contribution >= 0.6 is 0 Å². The van der Waals surface area contributed by atoms with Gasteiger partial charge in [-0.05, 0) is 30.5 Å². The maximum absolute atomic E-state index is 6.17. The number of fused-ring (bicyclic) bond motifs is 1. The van der Waals surface area contributed by atoms with E-state index in [2.05, 4.69) is 47.4 Å². The predicted octanol–water partition coefficient (Wildman–Crippen LogP) is 1.62. The summed E-state index contributed by atoms with van der Waals surface area (Å²) in [6.45, 7) is 3.84. The van der Waals surface area contributed by atoms with Gasteiger partial charge < -0.3 is 10.6 Å². The number of nitrogens with zero attached hydrogens (tertiary/aromatic N) is 3. The highest BCUT2D eigenvalue weighted by Crippen LogP contribution is 2.27. The molecule has 19 heavy (non-hydrogen) atoms. The Kier molecular flexibility index (Phi) is 3.03. The van der Waals surface area contributed by atoms with Gasteiger partial charge in [-0.3, -0.25) is 4.68 Å². The van der Waals surface area contributed by atoms with E-state index in [1.165, 1.54) is 16.8 Å². The van der Waals surface area contributed by atoms with E-state index in [4.69, 9.17) is 5.73 Å². The van der Waals surface area contributed by atoms with Crippen molar-refractivity contribution in [2.24, 2.45) is 12.8 Å². The maximum atomic E-state index is 6.17. The Labute approximate surface area is 113 Å². The van der Waals surface area contributed by atoms with Gasteiger partial charge in [-0.25, -0.2) is 0 Å². The van der Waals surface area contributed by atoms with Crippen LogP contribution in [-0.4, -0.2) is 22.4 Å². The topological polar surface area (TPSA) is 47.1 Å². The monoisotopic (exact) mass is 256 g/mol. The lowest BCUT2D eigenvalue weighted by Crippen LogP contribution is -2.43. The first-order valence-electron chi connectivity index (χ1n) is 6.71. The number of aryl methyl sites for hydroxylation is 2. The Balaban J connectivity index is 1.91. The second-order valence-corrected chi connectivity index (χ2v) is 5.41. The third-order valence-corrected chi connectivity index (χ3v) is 3.72. The molecule has 1 aliphatic heterocycles. The van der Waals surface area contributed by atoms with Crippen molar-refractivity contribution in [2.45, 2.75) is 25.9 Å². The fourth-order valence-corrected chi connectivity index (χ4v) is 2.86. The van der Waals surface area contributed by atoms with E-state index in [1.807, 2.05) is 11.7 Å². The number of para-hydroxylation sites is 1. The van der Waals surface area contributed by atoms with Gasteiger partial charge in [0.2, 0.25) is 0 Å². The van der Waals surface area contributed by atoms with E-state index in [-0.39, 0.29) is 6.04 Å². The standard InChI is InChI=1S/C15H20N4/c1-11-8-18(2)17-14(11)10-19-9-13(16)7-12-5-3-4-6-15(12)19/h3-6,8,13H,7,9-10,16H2,1-2H3. The van der Waals surface area contributed by atoms with Crippen molar-refractivity contribution in [3.05, 3.63) is 47.3 Å². The largest absolute Gasteiger partial charge is 0.364 e. The molecule has 4 nitrogen and oxygen atoms in total. The molecule has 0 bridgehead atoms. The Morgan fingerprint density at radius 1 is 1.37 bits per heavy atom. The molecule has 1 aromatic carbocycles. The molecule has 1 unspecified atom stereocenters. The lowest BCUT2D eigenvalue weighted by atomic mass is 9.98. The molecular weight excluding hydrogens is 236 g/mol. The van der Waals surface area contributed by atoms with Gasteiger partial charge in [0.1, 0.15) is 0 Å². The Bertz CT molecular complexity index is 588. The molecular formula is C15H20N4. The lowest BCUT2D eigenvalue weighted by Gasteiger charge is -2.34. The zero-order chi connectivity index (χ0) is 13.4. The molecule has 0 radical (unpaired) electrons. The number of hydrogen-bond acceptors (Lipinski definition) is 3. The normalized spacial score (nSPS) is 18.5. The van der Waals surface area contributed by atoms with Crippen molar-refractivity contribution in [1.29, 1.82) is 0 Å². The number of rotatable bonds is 2. The number of benzene rings is 1. The minimum absolute atomic E-state index is 0.207. The zero-order valence-corrected chi connectivity index (χ0v) is 11.5. The molecule has 1 aliphatic rings. The van der Waals surface area contributed by atoms with Gasteiger partial charge in [-0.1, -0.05) is 18.2 Å². The second-order valence-electron chi connectivity index (χ2n) is 5.41. The smallest absolute Gasteiger partial charge is 0.0846 e. The summed E-state index contributed by atoms with van der Waals surface area (Å²) in [5.74, 6) is 0. The summed E-state index contributed by atoms with van der Waals surface area (Å²) >= 11 is 0. The minimum atomic E-state index is 0.207. The van der Waals surface area contributed by atoms with E-state index >= 15 is 0 Å². The average Bonchev–Trinajstić information content (AvgIpc) is 2.67. The molecule has 1 aromatic heterocycles. The van der Waals surface area contributed by atoms with Gasteiger partial charge in [-0.2, -0.15) is 5.10 Å². The molecule has 100 valence electrons. The molecule has 1 atom stereocenters. The molecule has 4 heteroatoms. The summed E-state index contributed by atoms with van der Waals surface area (Å²) < 4.78 is 1.88. The highest BCUT2D eigenvalue weighted by molar-refractivity contribution is 5.56. The second kappa shape index (κ2) is 4.70. The predicted molar refractivity (Wildman–Crippen MR) is 77.1 cm³/mol. The van der Waals surface area contributed by atoms with Crippen LogP contribution in [0.3, 0.4) is 0 Å². The number of hydrogen-bond donors (Lipinski definition) is 1.